The van der Waals surface area contributed by atoms with Crippen molar-refractivity contribution in [1.82, 2.24) is 4.90 Å². The second-order valence-corrected chi connectivity index (χ2v) is 5.77. The van der Waals surface area contributed by atoms with Crippen LogP contribution in [0.15, 0.2) is 0 Å². The fraction of sp³-hybridized carbons (Fsp3) is 0.923. The largest absolute Gasteiger partial charge is 0.481 e. The third kappa shape index (κ3) is 3.48. The lowest BCUT2D eigenvalue weighted by atomic mass is 9.87. The van der Waals surface area contributed by atoms with Crippen LogP contribution >= 0.6 is 0 Å². The summed E-state index contributed by atoms with van der Waals surface area (Å²) in [5.41, 5.74) is -0.586. The van der Waals surface area contributed by atoms with Gasteiger partial charge in [-0.15, -0.1) is 0 Å². The Morgan fingerprint density at radius 2 is 2.06 bits per heavy atom. The lowest BCUT2D eigenvalue weighted by molar-refractivity contribution is -0.149. The Bertz CT molecular complexity index is 248. The number of carboxylic acids is 1. The van der Waals surface area contributed by atoms with Gasteiger partial charge < -0.3 is 5.11 Å². The second kappa shape index (κ2) is 5.17. The minimum Gasteiger partial charge on any atom is -0.481 e. The van der Waals surface area contributed by atoms with E-state index in [1.807, 2.05) is 13.8 Å². The third-order valence-electron chi connectivity index (χ3n) is 3.51. The summed E-state index contributed by atoms with van der Waals surface area (Å²) in [5.74, 6) is -0.0556. The van der Waals surface area contributed by atoms with Gasteiger partial charge >= 0.3 is 5.97 Å². The molecule has 0 aromatic carbocycles. The highest BCUT2D eigenvalue weighted by molar-refractivity contribution is 5.74. The quantitative estimate of drug-likeness (QED) is 0.727. The highest BCUT2D eigenvalue weighted by Gasteiger charge is 2.38. The van der Waals surface area contributed by atoms with E-state index in [4.69, 9.17) is 0 Å². The second-order valence-electron chi connectivity index (χ2n) is 5.77. The maximum Gasteiger partial charge on any atom is 0.310 e. The molecule has 1 atom stereocenters. The summed E-state index contributed by atoms with van der Waals surface area (Å²) >= 11 is 0. The van der Waals surface area contributed by atoms with Crippen molar-refractivity contribution < 1.29 is 9.90 Å². The molecule has 1 N–H and O–H groups in total. The molecule has 1 saturated carbocycles. The monoisotopic (exact) mass is 227 g/mol. The van der Waals surface area contributed by atoms with Gasteiger partial charge in [-0.2, -0.15) is 0 Å². The molecule has 94 valence electrons. The molecule has 1 aliphatic rings. The molecule has 1 rings (SSSR count). The molecule has 0 spiro atoms. The molecule has 16 heavy (non-hydrogen) atoms. The number of rotatable bonds is 7. The lowest BCUT2D eigenvalue weighted by Gasteiger charge is -2.32. The predicted molar refractivity (Wildman–Crippen MR) is 65.5 cm³/mol. The molecule has 0 aromatic heterocycles. The molecule has 1 unspecified atom stereocenters. The molecule has 0 amide bonds. The predicted octanol–water partition coefficient (Wildman–Crippen LogP) is 2.61. The summed E-state index contributed by atoms with van der Waals surface area (Å²) in [6.45, 7) is 9.94. The fourth-order valence-electron chi connectivity index (χ4n) is 2.03. The molecule has 3 nitrogen and oxygen atoms in total. The molecule has 1 fully saturated rings. The van der Waals surface area contributed by atoms with Gasteiger partial charge in [0.1, 0.15) is 0 Å². The summed E-state index contributed by atoms with van der Waals surface area (Å²) in [4.78, 5) is 13.7. The molecule has 0 aromatic rings. The van der Waals surface area contributed by atoms with Gasteiger partial charge in [0.2, 0.25) is 0 Å². The Kier molecular flexibility index (Phi) is 4.36. The van der Waals surface area contributed by atoms with E-state index in [1.54, 1.807) is 0 Å². The lowest BCUT2D eigenvalue weighted by Crippen LogP contribution is -2.43. The molecule has 3 heteroatoms. The van der Waals surface area contributed by atoms with E-state index in [0.29, 0.717) is 24.9 Å². The normalized spacial score (nSPS) is 20.1. The van der Waals surface area contributed by atoms with Gasteiger partial charge in [0, 0.05) is 19.1 Å². The summed E-state index contributed by atoms with van der Waals surface area (Å²) in [6, 6.07) is 0.646. The maximum atomic E-state index is 11.3. The smallest absolute Gasteiger partial charge is 0.310 e. The zero-order chi connectivity index (χ0) is 12.3. The van der Waals surface area contributed by atoms with E-state index in [1.165, 1.54) is 12.8 Å². The average Bonchev–Trinajstić information content (AvgIpc) is 2.98. The Balaban J connectivity index is 2.62. The van der Waals surface area contributed by atoms with E-state index in [9.17, 15) is 9.90 Å². The summed E-state index contributed by atoms with van der Waals surface area (Å²) < 4.78 is 0. The summed E-state index contributed by atoms with van der Waals surface area (Å²) in [5, 5.41) is 9.29. The van der Waals surface area contributed by atoms with Crippen LogP contribution in [-0.4, -0.2) is 35.1 Å². The van der Waals surface area contributed by atoms with Crippen molar-refractivity contribution in [2.75, 3.05) is 13.1 Å². The van der Waals surface area contributed by atoms with Crippen molar-refractivity contribution in [2.45, 2.75) is 53.0 Å². The minimum atomic E-state index is -0.663. The molecule has 0 heterocycles. The highest BCUT2D eigenvalue weighted by atomic mass is 16.4. The van der Waals surface area contributed by atoms with Gasteiger partial charge in [0.05, 0.1) is 5.41 Å². The van der Waals surface area contributed by atoms with Crippen LogP contribution in [0.1, 0.15) is 47.0 Å². The number of carboxylic acid groups (broad SMARTS) is 1. The zero-order valence-electron chi connectivity index (χ0n) is 11.0. The van der Waals surface area contributed by atoms with E-state index in [-0.39, 0.29) is 0 Å². The molecule has 1 aliphatic carbocycles. The van der Waals surface area contributed by atoms with Crippen molar-refractivity contribution in [3.8, 4) is 0 Å². The van der Waals surface area contributed by atoms with Crippen molar-refractivity contribution in [1.29, 1.82) is 0 Å². The molecule has 0 bridgehead atoms. The van der Waals surface area contributed by atoms with Crippen LogP contribution in [0.25, 0.3) is 0 Å². The Labute approximate surface area is 98.8 Å². The topological polar surface area (TPSA) is 40.5 Å². The van der Waals surface area contributed by atoms with Crippen LogP contribution < -0.4 is 0 Å². The number of hydrogen-bond donors (Lipinski definition) is 1. The fourth-order valence-corrected chi connectivity index (χ4v) is 2.03. The van der Waals surface area contributed by atoms with Crippen LogP contribution in [-0.2, 0) is 4.79 Å². The number of carbonyl (C=O) groups is 1. The molecule has 0 saturated heterocycles. The first kappa shape index (κ1) is 13.5. The Morgan fingerprint density at radius 1 is 1.50 bits per heavy atom. The van der Waals surface area contributed by atoms with Crippen LogP contribution in [0.3, 0.4) is 0 Å². The summed E-state index contributed by atoms with van der Waals surface area (Å²) in [7, 11) is 0. The van der Waals surface area contributed by atoms with E-state index in [0.717, 1.165) is 6.54 Å². The molecule has 0 radical (unpaired) electrons. The van der Waals surface area contributed by atoms with Crippen molar-refractivity contribution >= 4 is 5.97 Å². The Hall–Kier alpha value is -0.570. The van der Waals surface area contributed by atoms with Crippen LogP contribution in [0, 0.1) is 11.3 Å². The molecular weight excluding hydrogens is 202 g/mol. The van der Waals surface area contributed by atoms with E-state index >= 15 is 0 Å². The van der Waals surface area contributed by atoms with Gasteiger partial charge in [-0.1, -0.05) is 20.8 Å². The van der Waals surface area contributed by atoms with Crippen molar-refractivity contribution in [2.24, 2.45) is 11.3 Å². The standard InChI is InChI=1S/C13H25NO2/c1-5-13(4,12(15)16)9-14(8-10(2)3)11-6-7-11/h10-11H,5-9H2,1-4H3,(H,15,16). The van der Waals surface area contributed by atoms with Crippen molar-refractivity contribution in [3.05, 3.63) is 0 Å². The SMILES string of the molecule is CCC(C)(CN(CC(C)C)C1CC1)C(=O)O. The van der Waals surface area contributed by atoms with Gasteiger partial charge in [-0.3, -0.25) is 9.69 Å². The van der Waals surface area contributed by atoms with Crippen LogP contribution in [0.5, 0.6) is 0 Å². The summed E-state index contributed by atoms with van der Waals surface area (Å²) in [6.07, 6.45) is 3.18. The average molecular weight is 227 g/mol. The van der Waals surface area contributed by atoms with Crippen LogP contribution in [0.4, 0.5) is 0 Å². The minimum absolute atomic E-state index is 0.586. The number of aliphatic carboxylic acids is 1. The zero-order valence-corrected chi connectivity index (χ0v) is 11.0. The van der Waals surface area contributed by atoms with Gasteiger partial charge in [0.25, 0.3) is 0 Å². The maximum absolute atomic E-state index is 11.3. The first-order valence-corrected chi connectivity index (χ1v) is 6.36. The van der Waals surface area contributed by atoms with E-state index in [2.05, 4.69) is 18.7 Å². The first-order chi connectivity index (χ1) is 7.39. The van der Waals surface area contributed by atoms with Gasteiger partial charge in [-0.05, 0) is 32.1 Å². The number of hydrogen-bond acceptors (Lipinski definition) is 2. The van der Waals surface area contributed by atoms with Gasteiger partial charge in [0.15, 0.2) is 0 Å². The molecule has 0 aliphatic heterocycles. The highest BCUT2D eigenvalue weighted by Crippen LogP contribution is 2.32. The van der Waals surface area contributed by atoms with Gasteiger partial charge in [-0.25, -0.2) is 0 Å². The van der Waals surface area contributed by atoms with E-state index < -0.39 is 11.4 Å². The van der Waals surface area contributed by atoms with Crippen LogP contribution in [0.2, 0.25) is 0 Å². The third-order valence-corrected chi connectivity index (χ3v) is 3.51. The Morgan fingerprint density at radius 3 is 2.38 bits per heavy atom. The molecular formula is C13H25NO2. The first-order valence-electron chi connectivity index (χ1n) is 6.36. The number of nitrogens with zero attached hydrogens (tertiary/aromatic N) is 1. The van der Waals surface area contributed by atoms with Crippen molar-refractivity contribution in [3.63, 3.8) is 0 Å².